The van der Waals surface area contributed by atoms with E-state index in [-0.39, 0.29) is 0 Å². The lowest BCUT2D eigenvalue weighted by Crippen LogP contribution is -2.37. The van der Waals surface area contributed by atoms with Crippen molar-refractivity contribution >= 4 is 16.9 Å². The first-order valence-corrected chi connectivity index (χ1v) is 9.90. The van der Waals surface area contributed by atoms with Crippen molar-refractivity contribution in [2.24, 2.45) is 0 Å². The van der Waals surface area contributed by atoms with Crippen LogP contribution in [0.3, 0.4) is 0 Å². The molecule has 4 aromatic rings. The molecule has 5 rings (SSSR count). The molecule has 1 saturated heterocycles. The van der Waals surface area contributed by atoms with E-state index in [0.29, 0.717) is 30.5 Å². The first-order valence-electron chi connectivity index (χ1n) is 9.90. The summed E-state index contributed by atoms with van der Waals surface area (Å²) in [4.78, 5) is 21.3. The molecule has 0 saturated carbocycles. The Morgan fingerprint density at radius 1 is 0.900 bits per heavy atom. The number of benzene rings is 1. The predicted octanol–water partition coefficient (Wildman–Crippen LogP) is 3.60. The first kappa shape index (κ1) is 18.4. The Balaban J connectivity index is 1.69. The molecule has 1 fully saturated rings. The zero-order valence-corrected chi connectivity index (χ0v) is 16.7. The Hall–Kier alpha value is -3.58. The van der Waals surface area contributed by atoms with Crippen LogP contribution in [0.5, 0.6) is 5.75 Å². The van der Waals surface area contributed by atoms with Gasteiger partial charge in [-0.1, -0.05) is 30.3 Å². The fraction of sp³-hybridized carbons (Fsp3) is 0.217. The molecule has 0 bridgehead atoms. The summed E-state index contributed by atoms with van der Waals surface area (Å²) < 4.78 is 11.1. The van der Waals surface area contributed by atoms with Gasteiger partial charge in [0.25, 0.3) is 0 Å². The number of hydrogen-bond donors (Lipinski definition) is 0. The van der Waals surface area contributed by atoms with Crippen molar-refractivity contribution in [3.05, 3.63) is 60.8 Å². The molecule has 30 heavy (non-hydrogen) atoms. The Morgan fingerprint density at radius 3 is 2.53 bits per heavy atom. The van der Waals surface area contributed by atoms with E-state index in [2.05, 4.69) is 9.88 Å². The number of nitrogens with zero attached hydrogens (tertiary/aromatic N) is 5. The average molecular weight is 399 g/mol. The zero-order valence-electron chi connectivity index (χ0n) is 16.7. The third-order valence-corrected chi connectivity index (χ3v) is 5.11. The minimum Gasteiger partial charge on any atom is -0.494 e. The largest absolute Gasteiger partial charge is 0.494 e. The van der Waals surface area contributed by atoms with Crippen LogP contribution in [0.1, 0.15) is 0 Å². The Kier molecular flexibility index (Phi) is 4.94. The molecule has 0 N–H and O–H groups in total. The van der Waals surface area contributed by atoms with Gasteiger partial charge in [-0.05, 0) is 24.3 Å². The molecule has 7 nitrogen and oxygen atoms in total. The van der Waals surface area contributed by atoms with Crippen molar-refractivity contribution in [1.29, 1.82) is 0 Å². The summed E-state index contributed by atoms with van der Waals surface area (Å²) in [6.07, 6.45) is 1.77. The lowest BCUT2D eigenvalue weighted by atomic mass is 10.1. The third-order valence-electron chi connectivity index (χ3n) is 5.11. The number of ether oxygens (including phenoxy) is 2. The molecule has 150 valence electrons. The van der Waals surface area contributed by atoms with Crippen molar-refractivity contribution in [1.82, 2.24) is 19.9 Å². The number of fused-ring (bicyclic) bond motifs is 1. The molecule has 3 aromatic heterocycles. The van der Waals surface area contributed by atoms with Crippen LogP contribution in [0.15, 0.2) is 60.8 Å². The number of aromatic nitrogens is 4. The maximum Gasteiger partial charge on any atom is 0.184 e. The smallest absolute Gasteiger partial charge is 0.184 e. The molecule has 0 atom stereocenters. The molecule has 7 heteroatoms. The van der Waals surface area contributed by atoms with Crippen molar-refractivity contribution < 1.29 is 9.47 Å². The van der Waals surface area contributed by atoms with E-state index in [1.165, 1.54) is 0 Å². The van der Waals surface area contributed by atoms with Crippen molar-refractivity contribution in [3.8, 4) is 28.5 Å². The fourth-order valence-corrected chi connectivity index (χ4v) is 3.59. The average Bonchev–Trinajstić information content (AvgIpc) is 2.84. The molecule has 0 amide bonds. The summed E-state index contributed by atoms with van der Waals surface area (Å²) in [6, 6.07) is 17.7. The number of rotatable bonds is 4. The second-order valence-corrected chi connectivity index (χ2v) is 6.95. The second kappa shape index (κ2) is 8.04. The van der Waals surface area contributed by atoms with Gasteiger partial charge in [0, 0.05) is 24.8 Å². The molecule has 0 unspecified atom stereocenters. The summed E-state index contributed by atoms with van der Waals surface area (Å²) in [7, 11) is 1.63. The van der Waals surface area contributed by atoms with Gasteiger partial charge >= 0.3 is 0 Å². The molecular formula is C23H21N5O2. The van der Waals surface area contributed by atoms with Crippen LogP contribution >= 0.6 is 0 Å². The van der Waals surface area contributed by atoms with Crippen LogP contribution in [0.2, 0.25) is 0 Å². The van der Waals surface area contributed by atoms with Gasteiger partial charge in [-0.15, -0.1) is 0 Å². The van der Waals surface area contributed by atoms with Crippen LogP contribution in [-0.4, -0.2) is 53.3 Å². The van der Waals surface area contributed by atoms with Crippen LogP contribution in [0.25, 0.3) is 33.8 Å². The normalized spacial score (nSPS) is 14.1. The van der Waals surface area contributed by atoms with Gasteiger partial charge in [-0.25, -0.2) is 15.0 Å². The Bertz CT molecular complexity index is 1180. The van der Waals surface area contributed by atoms with E-state index in [1.54, 1.807) is 13.3 Å². The summed E-state index contributed by atoms with van der Waals surface area (Å²) in [5.74, 6) is 1.95. The number of morpholine rings is 1. The Labute approximate surface area is 174 Å². The van der Waals surface area contributed by atoms with E-state index >= 15 is 0 Å². The molecule has 0 spiro atoms. The highest BCUT2D eigenvalue weighted by Crippen LogP contribution is 2.32. The summed E-state index contributed by atoms with van der Waals surface area (Å²) in [5.41, 5.74) is 4.03. The van der Waals surface area contributed by atoms with Gasteiger partial charge in [0.15, 0.2) is 17.3 Å². The van der Waals surface area contributed by atoms with E-state index in [9.17, 15) is 0 Å². The summed E-state index contributed by atoms with van der Waals surface area (Å²) in [6.45, 7) is 2.85. The van der Waals surface area contributed by atoms with Gasteiger partial charge < -0.3 is 14.4 Å². The fourth-order valence-electron chi connectivity index (χ4n) is 3.59. The quantitative estimate of drug-likeness (QED) is 0.519. The van der Waals surface area contributed by atoms with E-state index in [0.717, 1.165) is 41.2 Å². The number of hydrogen-bond acceptors (Lipinski definition) is 7. The minimum absolute atomic E-state index is 0.520. The minimum atomic E-state index is 0.520. The van der Waals surface area contributed by atoms with Gasteiger partial charge in [0.1, 0.15) is 11.3 Å². The lowest BCUT2D eigenvalue weighted by Gasteiger charge is -2.28. The monoisotopic (exact) mass is 399 g/mol. The van der Waals surface area contributed by atoms with Gasteiger partial charge in [0.2, 0.25) is 0 Å². The molecular weight excluding hydrogens is 378 g/mol. The van der Waals surface area contributed by atoms with E-state index < -0.39 is 0 Å². The van der Waals surface area contributed by atoms with Crippen molar-refractivity contribution in [2.45, 2.75) is 0 Å². The maximum atomic E-state index is 5.60. The maximum absolute atomic E-state index is 5.60. The SMILES string of the molecule is COc1ccc(-c2ccccc2)nc1-c1nc(N2CCOCC2)c2ncccc2n1. The van der Waals surface area contributed by atoms with Crippen molar-refractivity contribution in [2.75, 3.05) is 38.3 Å². The van der Waals surface area contributed by atoms with Crippen LogP contribution in [-0.2, 0) is 4.74 Å². The second-order valence-electron chi connectivity index (χ2n) is 6.95. The topological polar surface area (TPSA) is 73.3 Å². The summed E-state index contributed by atoms with van der Waals surface area (Å²) in [5, 5.41) is 0. The highest BCUT2D eigenvalue weighted by atomic mass is 16.5. The van der Waals surface area contributed by atoms with Crippen molar-refractivity contribution in [3.63, 3.8) is 0 Å². The van der Waals surface area contributed by atoms with Gasteiger partial charge in [-0.3, -0.25) is 4.98 Å². The van der Waals surface area contributed by atoms with Crippen LogP contribution in [0, 0.1) is 0 Å². The third kappa shape index (κ3) is 3.44. The summed E-state index contributed by atoms with van der Waals surface area (Å²) >= 11 is 0. The molecule has 4 heterocycles. The highest BCUT2D eigenvalue weighted by Gasteiger charge is 2.21. The van der Waals surface area contributed by atoms with Gasteiger partial charge in [0.05, 0.1) is 31.5 Å². The zero-order chi connectivity index (χ0) is 20.3. The number of methoxy groups -OCH3 is 1. The molecule has 1 aliphatic rings. The highest BCUT2D eigenvalue weighted by molar-refractivity contribution is 5.87. The van der Waals surface area contributed by atoms with E-state index in [4.69, 9.17) is 24.4 Å². The van der Waals surface area contributed by atoms with Crippen LogP contribution in [0.4, 0.5) is 5.82 Å². The predicted molar refractivity (Wildman–Crippen MR) is 116 cm³/mol. The molecule has 0 radical (unpaired) electrons. The lowest BCUT2D eigenvalue weighted by molar-refractivity contribution is 0.122. The molecule has 0 aliphatic carbocycles. The Morgan fingerprint density at radius 2 is 1.73 bits per heavy atom. The van der Waals surface area contributed by atoms with Gasteiger partial charge in [-0.2, -0.15) is 0 Å². The van der Waals surface area contributed by atoms with E-state index in [1.807, 2.05) is 54.6 Å². The first-order chi connectivity index (χ1) is 14.8. The number of pyridine rings is 2. The standard InChI is InChI=1S/C23H21N5O2/c1-29-19-10-9-17(16-6-3-2-4-7-16)25-21(19)22-26-18-8-5-11-24-20(18)23(27-22)28-12-14-30-15-13-28/h2-11H,12-15H2,1H3. The van der Waals surface area contributed by atoms with Crippen LogP contribution < -0.4 is 9.64 Å². The number of anilines is 1. The molecule has 1 aliphatic heterocycles. The molecule has 1 aromatic carbocycles.